The molecule has 1 saturated carbocycles. The van der Waals surface area contributed by atoms with E-state index in [4.69, 9.17) is 5.73 Å². The highest BCUT2D eigenvalue weighted by molar-refractivity contribution is 6.02. The number of aliphatic hydroxyl groups is 1. The summed E-state index contributed by atoms with van der Waals surface area (Å²) in [4.78, 5) is 15.9. The summed E-state index contributed by atoms with van der Waals surface area (Å²) in [5.41, 5.74) is 7.08. The molecule has 0 unspecified atom stereocenters. The van der Waals surface area contributed by atoms with Crippen molar-refractivity contribution in [3.63, 3.8) is 0 Å². The van der Waals surface area contributed by atoms with Crippen LogP contribution in [0.5, 0.6) is 0 Å². The van der Waals surface area contributed by atoms with Crippen molar-refractivity contribution in [1.29, 1.82) is 0 Å². The summed E-state index contributed by atoms with van der Waals surface area (Å²) in [5, 5.41) is 21.0. The second kappa shape index (κ2) is 8.71. The van der Waals surface area contributed by atoms with E-state index in [1.165, 1.54) is 13.1 Å². The van der Waals surface area contributed by atoms with Crippen molar-refractivity contribution in [3.8, 4) is 0 Å². The first kappa shape index (κ1) is 19.6. The molecular formula is C20H26N6O2. The van der Waals surface area contributed by atoms with Gasteiger partial charge in [0, 0.05) is 24.0 Å². The minimum absolute atomic E-state index is 0.142. The first-order valence-corrected chi connectivity index (χ1v) is 9.32. The van der Waals surface area contributed by atoms with Gasteiger partial charge in [0.2, 0.25) is 5.91 Å². The van der Waals surface area contributed by atoms with Gasteiger partial charge in [0.25, 0.3) is 0 Å². The van der Waals surface area contributed by atoms with Crippen molar-refractivity contribution in [2.24, 2.45) is 10.7 Å². The van der Waals surface area contributed by atoms with Crippen molar-refractivity contribution in [2.75, 3.05) is 5.32 Å². The van der Waals surface area contributed by atoms with E-state index in [0.717, 1.165) is 36.6 Å². The Balaban J connectivity index is 1.85. The van der Waals surface area contributed by atoms with E-state index >= 15 is 0 Å². The van der Waals surface area contributed by atoms with Crippen LogP contribution in [0.3, 0.4) is 0 Å². The monoisotopic (exact) mass is 382 g/mol. The lowest BCUT2D eigenvalue weighted by atomic mass is 9.93. The summed E-state index contributed by atoms with van der Waals surface area (Å²) in [5.74, 6) is 0.873. The Labute approximate surface area is 163 Å². The quantitative estimate of drug-likeness (QED) is 0.466. The Hall–Kier alpha value is -3.13. The molecule has 0 radical (unpaired) electrons. The van der Waals surface area contributed by atoms with Crippen LogP contribution in [0.15, 0.2) is 54.1 Å². The summed E-state index contributed by atoms with van der Waals surface area (Å²) in [6.45, 7) is 5.47. The number of hydrogen-bond acceptors (Lipinski definition) is 6. The summed E-state index contributed by atoms with van der Waals surface area (Å²) in [6, 6.07) is 5.78. The van der Waals surface area contributed by atoms with Gasteiger partial charge in [-0.2, -0.15) is 5.10 Å². The number of allylic oxidation sites excluding steroid dienone is 1. The van der Waals surface area contributed by atoms with Gasteiger partial charge < -0.3 is 21.5 Å². The average molecular weight is 382 g/mol. The zero-order valence-corrected chi connectivity index (χ0v) is 15.9. The Morgan fingerprint density at radius 2 is 2.14 bits per heavy atom. The normalized spacial score (nSPS) is 20.4. The first-order chi connectivity index (χ1) is 13.5. The Kier molecular flexibility index (Phi) is 6.10. The number of anilines is 1. The van der Waals surface area contributed by atoms with E-state index < -0.39 is 0 Å². The van der Waals surface area contributed by atoms with Crippen molar-refractivity contribution < 1.29 is 9.90 Å². The van der Waals surface area contributed by atoms with Crippen LogP contribution in [0, 0.1) is 0 Å². The van der Waals surface area contributed by atoms with Crippen LogP contribution >= 0.6 is 0 Å². The molecular weight excluding hydrogens is 356 g/mol. The molecule has 2 aromatic rings. The Morgan fingerprint density at radius 1 is 1.39 bits per heavy atom. The number of aromatic nitrogens is 2. The molecule has 28 heavy (non-hydrogen) atoms. The highest BCUT2D eigenvalue weighted by Gasteiger charge is 2.19. The van der Waals surface area contributed by atoms with Crippen LogP contribution in [0.4, 0.5) is 5.69 Å². The Morgan fingerprint density at radius 3 is 2.82 bits per heavy atom. The predicted molar refractivity (Wildman–Crippen MR) is 111 cm³/mol. The molecule has 148 valence electrons. The molecule has 1 amide bonds. The van der Waals surface area contributed by atoms with Crippen LogP contribution in [0.2, 0.25) is 0 Å². The molecule has 5 N–H and O–H groups in total. The zero-order valence-electron chi connectivity index (χ0n) is 15.9. The van der Waals surface area contributed by atoms with Crippen LogP contribution in [0.25, 0.3) is 10.9 Å². The second-order valence-electron chi connectivity index (χ2n) is 6.94. The van der Waals surface area contributed by atoms with E-state index in [2.05, 4.69) is 27.3 Å². The maximum atomic E-state index is 11.3. The molecule has 0 saturated heterocycles. The lowest BCUT2D eigenvalue weighted by Gasteiger charge is -2.26. The summed E-state index contributed by atoms with van der Waals surface area (Å²) >= 11 is 0. The molecule has 0 aliphatic heterocycles. The zero-order chi connectivity index (χ0) is 20.1. The number of amides is 1. The minimum atomic E-state index is -0.209. The topological polar surface area (TPSA) is 118 Å². The van der Waals surface area contributed by atoms with Crippen molar-refractivity contribution in [3.05, 3.63) is 49.1 Å². The van der Waals surface area contributed by atoms with Gasteiger partial charge >= 0.3 is 0 Å². The van der Waals surface area contributed by atoms with Gasteiger partial charge in [0.15, 0.2) is 5.84 Å². The molecule has 8 nitrogen and oxygen atoms in total. The highest BCUT2D eigenvalue weighted by Crippen LogP contribution is 2.21. The number of nitrogens with zero attached hydrogens (tertiary/aromatic N) is 3. The van der Waals surface area contributed by atoms with Crippen LogP contribution in [-0.4, -0.2) is 38.8 Å². The Bertz CT molecular complexity index is 922. The van der Waals surface area contributed by atoms with Gasteiger partial charge in [-0.15, -0.1) is 0 Å². The molecule has 1 aromatic heterocycles. The summed E-state index contributed by atoms with van der Waals surface area (Å²) in [7, 11) is 0. The van der Waals surface area contributed by atoms with E-state index in [-0.39, 0.29) is 18.1 Å². The molecule has 0 atom stereocenters. The number of hydrogen-bond donors (Lipinski definition) is 4. The molecule has 3 rings (SSSR count). The van der Waals surface area contributed by atoms with Gasteiger partial charge in [-0.1, -0.05) is 6.58 Å². The van der Waals surface area contributed by atoms with E-state index in [9.17, 15) is 9.90 Å². The second-order valence-corrected chi connectivity index (χ2v) is 6.94. The molecule has 0 spiro atoms. The minimum Gasteiger partial charge on any atom is -0.404 e. The van der Waals surface area contributed by atoms with Gasteiger partial charge in [0.1, 0.15) is 5.82 Å². The first-order valence-electron chi connectivity index (χ1n) is 9.32. The fourth-order valence-corrected chi connectivity index (χ4v) is 3.35. The van der Waals surface area contributed by atoms with Gasteiger partial charge in [0.05, 0.1) is 17.8 Å². The number of benzene rings is 1. The SMILES string of the molecule is C=C(N=C(/C=C\N)n1ncc2ccc(NC(C)=O)cc21)NC1CCC(O)CC1. The van der Waals surface area contributed by atoms with Gasteiger partial charge in [-0.05, 0) is 56.2 Å². The standard InChI is InChI=1S/C20H26N6O2/c1-13(23-16-5-7-18(28)8-6-16)24-20(9-10-21)26-19-11-17(25-14(2)27)4-3-15(19)12-22-26/h3-4,9-12,16,18,23,28H,1,5-8,21H2,2H3,(H,25,27)/b10-9-,24-20?. The van der Waals surface area contributed by atoms with Crippen molar-refractivity contribution >= 4 is 28.3 Å². The number of rotatable bonds is 5. The average Bonchev–Trinajstić information content (AvgIpc) is 3.06. The molecule has 1 aromatic carbocycles. The number of aliphatic imine (C=N–C) groups is 1. The number of fused-ring (bicyclic) bond motifs is 1. The summed E-state index contributed by atoms with van der Waals surface area (Å²) < 4.78 is 1.65. The molecule has 1 aliphatic carbocycles. The van der Waals surface area contributed by atoms with Gasteiger partial charge in [-0.3, -0.25) is 4.79 Å². The third-order valence-electron chi connectivity index (χ3n) is 4.67. The number of carbonyl (C=O) groups is 1. The van der Waals surface area contributed by atoms with Crippen LogP contribution < -0.4 is 16.4 Å². The maximum Gasteiger partial charge on any atom is 0.221 e. The lowest BCUT2D eigenvalue weighted by Crippen LogP contribution is -2.33. The number of carbonyl (C=O) groups excluding carboxylic acids is 1. The van der Waals surface area contributed by atoms with Crippen molar-refractivity contribution in [2.45, 2.75) is 44.8 Å². The van der Waals surface area contributed by atoms with Crippen molar-refractivity contribution in [1.82, 2.24) is 15.1 Å². The van der Waals surface area contributed by atoms with E-state index in [1.807, 2.05) is 18.2 Å². The number of nitrogens with one attached hydrogen (secondary N) is 2. The molecule has 0 bridgehead atoms. The highest BCUT2D eigenvalue weighted by atomic mass is 16.3. The largest absolute Gasteiger partial charge is 0.404 e. The number of nitrogens with two attached hydrogens (primary N) is 1. The third-order valence-corrected chi connectivity index (χ3v) is 4.67. The number of aliphatic hydroxyl groups excluding tert-OH is 1. The van der Waals surface area contributed by atoms with E-state index in [1.54, 1.807) is 17.0 Å². The third kappa shape index (κ3) is 4.77. The molecule has 1 aliphatic rings. The fourth-order valence-electron chi connectivity index (χ4n) is 3.35. The molecule has 8 heteroatoms. The smallest absolute Gasteiger partial charge is 0.221 e. The fraction of sp³-hybridized carbons (Fsp3) is 0.350. The van der Waals surface area contributed by atoms with Gasteiger partial charge in [-0.25, -0.2) is 9.67 Å². The predicted octanol–water partition coefficient (Wildman–Crippen LogP) is 2.08. The van der Waals surface area contributed by atoms with Crippen LogP contribution in [-0.2, 0) is 4.79 Å². The molecule has 1 heterocycles. The van der Waals surface area contributed by atoms with Crippen LogP contribution in [0.1, 0.15) is 32.6 Å². The molecule has 1 fully saturated rings. The maximum absolute atomic E-state index is 11.3. The van der Waals surface area contributed by atoms with E-state index in [0.29, 0.717) is 17.3 Å². The lowest BCUT2D eigenvalue weighted by molar-refractivity contribution is -0.114. The summed E-state index contributed by atoms with van der Waals surface area (Å²) in [6.07, 6.45) is 7.87.